The highest BCUT2D eigenvalue weighted by Gasteiger charge is 2.34. The fraction of sp³-hybridized carbons (Fsp3) is 0.600. The Labute approximate surface area is 98.6 Å². The Morgan fingerprint density at radius 2 is 2.44 bits per heavy atom. The fourth-order valence-corrected chi connectivity index (χ4v) is 2.51. The van der Waals surface area contributed by atoms with Crippen LogP contribution < -0.4 is 5.32 Å². The average molecular weight is 242 g/mol. The third kappa shape index (κ3) is 3.07. The van der Waals surface area contributed by atoms with E-state index in [0.717, 1.165) is 0 Å². The molecule has 0 bridgehead atoms. The lowest BCUT2D eigenvalue weighted by atomic mass is 10.2. The number of carboxylic acid groups (broad SMARTS) is 1. The van der Waals surface area contributed by atoms with Crippen LogP contribution in [0.1, 0.15) is 13.3 Å². The molecule has 0 saturated carbocycles. The van der Waals surface area contributed by atoms with Crippen molar-refractivity contribution in [1.82, 2.24) is 10.2 Å². The molecule has 0 aromatic rings. The topological polar surface area (TPSA) is 69.6 Å². The summed E-state index contributed by atoms with van der Waals surface area (Å²) in [5.74, 6) is 2.32. The van der Waals surface area contributed by atoms with Gasteiger partial charge in [0.25, 0.3) is 0 Å². The minimum Gasteiger partial charge on any atom is -0.480 e. The molecular weight excluding hydrogens is 228 g/mol. The monoisotopic (exact) mass is 242 g/mol. The molecule has 0 aliphatic carbocycles. The third-order valence-corrected chi connectivity index (χ3v) is 3.23. The molecule has 2 amide bonds. The highest BCUT2D eigenvalue weighted by molar-refractivity contribution is 7.99. The van der Waals surface area contributed by atoms with Gasteiger partial charge < -0.3 is 15.3 Å². The third-order valence-electron chi connectivity index (χ3n) is 2.22. The van der Waals surface area contributed by atoms with E-state index >= 15 is 0 Å². The first kappa shape index (κ1) is 12.7. The summed E-state index contributed by atoms with van der Waals surface area (Å²) in [5, 5.41) is 11.6. The second kappa shape index (κ2) is 5.66. The molecule has 88 valence electrons. The van der Waals surface area contributed by atoms with Crippen molar-refractivity contribution in [2.75, 3.05) is 11.6 Å². The normalized spacial score (nSPS) is 21.2. The molecule has 5 nitrogen and oxygen atoms in total. The van der Waals surface area contributed by atoms with E-state index < -0.39 is 12.0 Å². The zero-order chi connectivity index (χ0) is 12.1. The number of rotatable bonds is 3. The summed E-state index contributed by atoms with van der Waals surface area (Å²) >= 11 is 1.43. The minimum absolute atomic E-state index is 0.141. The molecule has 2 unspecified atom stereocenters. The molecule has 1 rings (SSSR count). The zero-order valence-electron chi connectivity index (χ0n) is 8.97. The quantitative estimate of drug-likeness (QED) is 0.710. The van der Waals surface area contributed by atoms with Gasteiger partial charge in [0, 0.05) is 18.2 Å². The predicted molar refractivity (Wildman–Crippen MR) is 62.0 cm³/mol. The van der Waals surface area contributed by atoms with Crippen molar-refractivity contribution in [2.45, 2.75) is 25.4 Å². The first-order valence-corrected chi connectivity index (χ1v) is 6.03. The largest absolute Gasteiger partial charge is 0.480 e. The van der Waals surface area contributed by atoms with Gasteiger partial charge in [-0.1, -0.05) is 0 Å². The molecule has 0 radical (unpaired) electrons. The number of carboxylic acids is 1. The molecule has 1 aliphatic rings. The number of nitrogens with zero attached hydrogens (tertiary/aromatic N) is 1. The van der Waals surface area contributed by atoms with Crippen molar-refractivity contribution in [3.05, 3.63) is 0 Å². The van der Waals surface area contributed by atoms with Gasteiger partial charge in [-0.25, -0.2) is 9.59 Å². The van der Waals surface area contributed by atoms with Crippen LogP contribution in [0.5, 0.6) is 0 Å². The van der Waals surface area contributed by atoms with Crippen molar-refractivity contribution < 1.29 is 14.7 Å². The lowest BCUT2D eigenvalue weighted by molar-refractivity contribution is -0.140. The Bertz CT molecular complexity index is 327. The summed E-state index contributed by atoms with van der Waals surface area (Å²) in [4.78, 5) is 23.9. The lowest BCUT2D eigenvalue weighted by Gasteiger charge is -2.22. The van der Waals surface area contributed by atoms with Gasteiger partial charge in [-0.3, -0.25) is 0 Å². The van der Waals surface area contributed by atoms with Gasteiger partial charge in [0.1, 0.15) is 6.04 Å². The smallest absolute Gasteiger partial charge is 0.327 e. The van der Waals surface area contributed by atoms with Gasteiger partial charge in [-0.15, -0.1) is 24.1 Å². The van der Waals surface area contributed by atoms with Gasteiger partial charge in [0.2, 0.25) is 0 Å². The Kier molecular flexibility index (Phi) is 4.50. The molecule has 0 aromatic carbocycles. The SMILES string of the molecule is C#CCC(C)NC(=O)N1CSCC1C(=O)O. The van der Waals surface area contributed by atoms with Crippen LogP contribution in [0.25, 0.3) is 0 Å². The number of carbonyl (C=O) groups is 2. The maximum Gasteiger partial charge on any atom is 0.327 e. The van der Waals surface area contributed by atoms with E-state index in [1.54, 1.807) is 6.92 Å². The molecule has 1 aliphatic heterocycles. The van der Waals surface area contributed by atoms with Gasteiger partial charge in [-0.05, 0) is 6.92 Å². The van der Waals surface area contributed by atoms with E-state index in [-0.39, 0.29) is 12.1 Å². The molecule has 2 atom stereocenters. The Morgan fingerprint density at radius 3 is 3.00 bits per heavy atom. The molecule has 1 saturated heterocycles. The van der Waals surface area contributed by atoms with E-state index in [0.29, 0.717) is 18.1 Å². The molecular formula is C10H14N2O3S. The second-order valence-electron chi connectivity index (χ2n) is 3.58. The summed E-state index contributed by atoms with van der Waals surface area (Å²) in [6, 6.07) is -1.24. The number of urea groups is 1. The van der Waals surface area contributed by atoms with Crippen molar-refractivity contribution in [1.29, 1.82) is 0 Å². The van der Waals surface area contributed by atoms with Crippen LogP contribution in [0.3, 0.4) is 0 Å². The molecule has 16 heavy (non-hydrogen) atoms. The number of amides is 2. The summed E-state index contributed by atoms with van der Waals surface area (Å²) in [7, 11) is 0. The highest BCUT2D eigenvalue weighted by Crippen LogP contribution is 2.20. The van der Waals surface area contributed by atoms with E-state index in [2.05, 4.69) is 11.2 Å². The minimum atomic E-state index is -0.968. The molecule has 1 heterocycles. The van der Waals surface area contributed by atoms with Gasteiger partial charge >= 0.3 is 12.0 Å². The Morgan fingerprint density at radius 1 is 1.75 bits per heavy atom. The summed E-state index contributed by atoms with van der Waals surface area (Å²) in [6.07, 6.45) is 5.56. The Hall–Kier alpha value is -1.35. The van der Waals surface area contributed by atoms with Crippen LogP contribution in [0.2, 0.25) is 0 Å². The molecule has 0 spiro atoms. The van der Waals surface area contributed by atoms with E-state index in [1.165, 1.54) is 16.7 Å². The highest BCUT2D eigenvalue weighted by atomic mass is 32.2. The van der Waals surface area contributed by atoms with Crippen LogP contribution >= 0.6 is 11.8 Å². The number of aliphatic carboxylic acids is 1. The number of hydrogen-bond donors (Lipinski definition) is 2. The lowest BCUT2D eigenvalue weighted by Crippen LogP contribution is -2.49. The van der Waals surface area contributed by atoms with Crippen molar-refractivity contribution in [2.24, 2.45) is 0 Å². The standard InChI is InChI=1S/C10H14N2O3S/c1-3-4-7(2)11-10(15)12-6-16-5-8(12)9(13)14/h1,7-8H,4-6H2,2H3,(H,11,15)(H,13,14). The second-order valence-corrected chi connectivity index (χ2v) is 4.58. The maximum absolute atomic E-state index is 11.7. The van der Waals surface area contributed by atoms with Crippen LogP contribution in [0, 0.1) is 12.3 Å². The van der Waals surface area contributed by atoms with Gasteiger partial charge in [0.05, 0.1) is 5.88 Å². The maximum atomic E-state index is 11.7. The average Bonchev–Trinajstić information content (AvgIpc) is 2.65. The summed E-state index contributed by atoms with van der Waals surface area (Å²) < 4.78 is 0. The summed E-state index contributed by atoms with van der Waals surface area (Å²) in [5.41, 5.74) is 0. The van der Waals surface area contributed by atoms with Crippen molar-refractivity contribution >= 4 is 23.8 Å². The van der Waals surface area contributed by atoms with Crippen LogP contribution in [-0.2, 0) is 4.79 Å². The van der Waals surface area contributed by atoms with E-state index in [1.807, 2.05) is 0 Å². The number of carbonyl (C=O) groups excluding carboxylic acids is 1. The number of hydrogen-bond acceptors (Lipinski definition) is 3. The first-order valence-electron chi connectivity index (χ1n) is 4.87. The Balaban J connectivity index is 2.53. The van der Waals surface area contributed by atoms with E-state index in [4.69, 9.17) is 11.5 Å². The number of terminal acetylenes is 1. The predicted octanol–water partition coefficient (Wildman–Crippen LogP) is 0.567. The number of thioether (sulfide) groups is 1. The first-order chi connectivity index (χ1) is 7.56. The van der Waals surface area contributed by atoms with Crippen LogP contribution in [0.15, 0.2) is 0 Å². The van der Waals surface area contributed by atoms with Gasteiger partial charge in [0.15, 0.2) is 0 Å². The van der Waals surface area contributed by atoms with Crippen molar-refractivity contribution in [3.63, 3.8) is 0 Å². The summed E-state index contributed by atoms with van der Waals surface area (Å²) in [6.45, 7) is 1.79. The van der Waals surface area contributed by atoms with Crippen LogP contribution in [-0.4, -0.2) is 45.7 Å². The van der Waals surface area contributed by atoms with Crippen molar-refractivity contribution in [3.8, 4) is 12.3 Å². The van der Waals surface area contributed by atoms with Gasteiger partial charge in [-0.2, -0.15) is 0 Å². The van der Waals surface area contributed by atoms with E-state index in [9.17, 15) is 9.59 Å². The number of nitrogens with one attached hydrogen (secondary N) is 1. The molecule has 0 aromatic heterocycles. The molecule has 6 heteroatoms. The zero-order valence-corrected chi connectivity index (χ0v) is 9.79. The fourth-order valence-electron chi connectivity index (χ4n) is 1.37. The molecule has 2 N–H and O–H groups in total. The molecule has 1 fully saturated rings. The van der Waals surface area contributed by atoms with Crippen LogP contribution in [0.4, 0.5) is 4.79 Å².